The smallest absolute Gasteiger partial charge is 0.338 e. The number of methoxy groups -OCH3 is 2. The van der Waals surface area contributed by atoms with E-state index in [1.165, 1.54) is 18.4 Å². The standard InChI is InChI=1S/C29H30BrClN2O6S/c1-6-9-20-24(28(35)39-8-3)25(18-15-17(30)10-11-21(18)36-4)33-27(34)23(40-29(33)32-20)14-16-12-19(31)26(37-5)22(13-16)38-7-2/h10-15,25H,6-9H2,1-5H3/b23-14+/t25-/m1/s1. The largest absolute Gasteiger partial charge is 0.496 e. The molecule has 1 aliphatic rings. The van der Waals surface area contributed by atoms with Crippen LogP contribution in [0.15, 0.2) is 55.9 Å². The Kier molecular flexibility index (Phi) is 9.76. The number of carbonyl (C=O) groups excluding carboxylic acids is 1. The maximum atomic E-state index is 14.1. The molecule has 0 aliphatic carbocycles. The summed E-state index contributed by atoms with van der Waals surface area (Å²) in [6.07, 6.45) is 3.03. The number of fused-ring (bicyclic) bond motifs is 1. The third-order valence-electron chi connectivity index (χ3n) is 6.21. The Labute approximate surface area is 249 Å². The van der Waals surface area contributed by atoms with Crippen LogP contribution in [-0.2, 0) is 9.53 Å². The number of esters is 1. The number of allylic oxidation sites excluding steroid dienone is 1. The number of benzene rings is 2. The van der Waals surface area contributed by atoms with Gasteiger partial charge in [-0.05, 0) is 62.2 Å². The molecular formula is C29H30BrClN2O6S. The van der Waals surface area contributed by atoms with E-state index in [1.54, 1.807) is 42.9 Å². The van der Waals surface area contributed by atoms with Gasteiger partial charge in [-0.25, -0.2) is 9.79 Å². The summed E-state index contributed by atoms with van der Waals surface area (Å²) in [6.45, 7) is 6.24. The lowest BCUT2D eigenvalue weighted by Crippen LogP contribution is -2.40. The van der Waals surface area contributed by atoms with Gasteiger partial charge in [-0.1, -0.05) is 52.2 Å². The first-order valence-electron chi connectivity index (χ1n) is 12.8. The molecule has 2 aromatic carbocycles. The number of thiazole rings is 1. The van der Waals surface area contributed by atoms with Gasteiger partial charge in [0.15, 0.2) is 16.3 Å². The molecule has 3 aromatic rings. The van der Waals surface area contributed by atoms with E-state index >= 15 is 0 Å². The van der Waals surface area contributed by atoms with Crippen molar-refractivity contribution in [3.8, 4) is 17.2 Å². The first-order valence-corrected chi connectivity index (χ1v) is 14.8. The van der Waals surface area contributed by atoms with Gasteiger partial charge >= 0.3 is 5.97 Å². The fourth-order valence-electron chi connectivity index (χ4n) is 4.62. The minimum atomic E-state index is -0.801. The van der Waals surface area contributed by atoms with Crippen molar-refractivity contribution in [2.24, 2.45) is 4.99 Å². The van der Waals surface area contributed by atoms with Gasteiger partial charge in [0.2, 0.25) is 0 Å². The normalized spacial score (nSPS) is 15.0. The molecule has 0 bridgehead atoms. The molecule has 1 atom stereocenters. The second-order valence-corrected chi connectivity index (χ2v) is 11.1. The average molecular weight is 650 g/mol. The summed E-state index contributed by atoms with van der Waals surface area (Å²) in [5.74, 6) is 0.917. The SMILES string of the molecule is CCCC1=C(C(=O)OCC)[C@@H](c2cc(Br)ccc2OC)n2c(s/c(=C/c3cc(Cl)c(OC)c(OCC)c3)c2=O)=N1. The molecule has 0 N–H and O–H groups in total. The number of ether oxygens (including phenoxy) is 4. The molecule has 1 aromatic heterocycles. The summed E-state index contributed by atoms with van der Waals surface area (Å²) in [4.78, 5) is 32.8. The molecule has 4 rings (SSSR count). The van der Waals surface area contributed by atoms with E-state index in [9.17, 15) is 9.59 Å². The highest BCUT2D eigenvalue weighted by Gasteiger charge is 2.36. The van der Waals surface area contributed by atoms with Gasteiger partial charge in [0.25, 0.3) is 5.56 Å². The molecule has 0 saturated heterocycles. The summed E-state index contributed by atoms with van der Waals surface area (Å²) in [7, 11) is 3.08. The minimum absolute atomic E-state index is 0.189. The van der Waals surface area contributed by atoms with Crippen molar-refractivity contribution in [1.29, 1.82) is 0 Å². The first kappa shape index (κ1) is 29.9. The van der Waals surface area contributed by atoms with Crippen LogP contribution < -0.4 is 29.1 Å². The molecule has 0 radical (unpaired) electrons. The van der Waals surface area contributed by atoms with Gasteiger partial charge in [0, 0.05) is 10.0 Å². The van der Waals surface area contributed by atoms with E-state index < -0.39 is 12.0 Å². The van der Waals surface area contributed by atoms with E-state index in [-0.39, 0.29) is 12.2 Å². The van der Waals surface area contributed by atoms with Gasteiger partial charge in [0.1, 0.15) is 11.8 Å². The summed E-state index contributed by atoms with van der Waals surface area (Å²) in [5, 5.41) is 0.360. The van der Waals surface area contributed by atoms with Crippen molar-refractivity contribution in [2.45, 2.75) is 39.7 Å². The van der Waals surface area contributed by atoms with Gasteiger partial charge in [-0.3, -0.25) is 9.36 Å². The van der Waals surface area contributed by atoms with Crippen LogP contribution in [0.5, 0.6) is 17.2 Å². The topological polar surface area (TPSA) is 88.4 Å². The highest BCUT2D eigenvalue weighted by Crippen LogP contribution is 2.39. The molecular weight excluding hydrogens is 620 g/mol. The van der Waals surface area contributed by atoms with Crippen LogP contribution in [0.3, 0.4) is 0 Å². The van der Waals surface area contributed by atoms with Crippen LogP contribution in [-0.4, -0.2) is 38.0 Å². The zero-order valence-corrected chi connectivity index (χ0v) is 26.0. The third-order valence-corrected chi connectivity index (χ3v) is 7.97. The van der Waals surface area contributed by atoms with Gasteiger partial charge in [-0.2, -0.15) is 0 Å². The number of halogens is 2. The molecule has 0 saturated carbocycles. The van der Waals surface area contributed by atoms with Crippen LogP contribution in [0.1, 0.15) is 50.8 Å². The van der Waals surface area contributed by atoms with Crippen LogP contribution in [0.25, 0.3) is 6.08 Å². The molecule has 1 aliphatic heterocycles. The van der Waals surface area contributed by atoms with E-state index in [1.807, 2.05) is 26.0 Å². The minimum Gasteiger partial charge on any atom is -0.496 e. The zero-order valence-electron chi connectivity index (χ0n) is 22.9. The van der Waals surface area contributed by atoms with Gasteiger partial charge in [-0.15, -0.1) is 0 Å². The fraction of sp³-hybridized carbons (Fsp3) is 0.345. The molecule has 40 heavy (non-hydrogen) atoms. The van der Waals surface area contributed by atoms with Crippen molar-refractivity contribution >= 4 is 50.9 Å². The fourth-order valence-corrected chi connectivity index (χ4v) is 6.31. The third kappa shape index (κ3) is 5.84. The van der Waals surface area contributed by atoms with Crippen LogP contribution in [0.2, 0.25) is 5.02 Å². The van der Waals surface area contributed by atoms with E-state index in [2.05, 4.69) is 15.9 Å². The molecule has 8 nitrogen and oxygen atoms in total. The summed E-state index contributed by atoms with van der Waals surface area (Å²) < 4.78 is 25.0. The van der Waals surface area contributed by atoms with Gasteiger partial charge in [0.05, 0.1) is 48.3 Å². The highest BCUT2D eigenvalue weighted by molar-refractivity contribution is 9.10. The maximum absolute atomic E-state index is 14.1. The molecule has 0 unspecified atom stereocenters. The Hall–Kier alpha value is -3.08. The Bertz CT molecular complexity index is 1650. The number of nitrogens with zero attached hydrogens (tertiary/aromatic N) is 2. The monoisotopic (exact) mass is 648 g/mol. The van der Waals surface area contributed by atoms with Crippen molar-refractivity contribution in [2.75, 3.05) is 27.4 Å². The Morgan fingerprint density at radius 2 is 1.90 bits per heavy atom. The number of aromatic nitrogens is 1. The van der Waals surface area contributed by atoms with Crippen molar-refractivity contribution in [3.05, 3.63) is 81.9 Å². The Morgan fingerprint density at radius 3 is 2.55 bits per heavy atom. The number of hydrogen-bond donors (Lipinski definition) is 0. The summed E-state index contributed by atoms with van der Waals surface area (Å²) in [5.41, 5.74) is 1.91. The molecule has 2 heterocycles. The van der Waals surface area contributed by atoms with Crippen LogP contribution in [0, 0.1) is 0 Å². The molecule has 0 fully saturated rings. The second kappa shape index (κ2) is 13.1. The quantitative estimate of drug-likeness (QED) is 0.273. The average Bonchev–Trinajstić information content (AvgIpc) is 3.22. The highest BCUT2D eigenvalue weighted by atomic mass is 79.9. The summed E-state index contributed by atoms with van der Waals surface area (Å²) >= 11 is 11.2. The molecule has 0 spiro atoms. The lowest BCUT2D eigenvalue weighted by atomic mass is 9.93. The lowest BCUT2D eigenvalue weighted by molar-refractivity contribution is -0.139. The van der Waals surface area contributed by atoms with Crippen molar-refractivity contribution < 1.29 is 23.7 Å². The second-order valence-electron chi connectivity index (χ2n) is 8.77. The first-order chi connectivity index (χ1) is 19.3. The van der Waals surface area contributed by atoms with E-state index in [0.29, 0.717) is 67.0 Å². The van der Waals surface area contributed by atoms with Gasteiger partial charge < -0.3 is 18.9 Å². The zero-order chi connectivity index (χ0) is 29.0. The number of rotatable bonds is 10. The number of hydrogen-bond acceptors (Lipinski definition) is 8. The van der Waals surface area contributed by atoms with Crippen molar-refractivity contribution in [3.63, 3.8) is 0 Å². The predicted molar refractivity (Wildman–Crippen MR) is 159 cm³/mol. The molecule has 212 valence electrons. The van der Waals surface area contributed by atoms with Crippen LogP contribution >= 0.6 is 38.9 Å². The Morgan fingerprint density at radius 1 is 1.12 bits per heavy atom. The number of carbonyl (C=O) groups is 1. The molecule has 11 heteroatoms. The van der Waals surface area contributed by atoms with Crippen molar-refractivity contribution in [1.82, 2.24) is 4.57 Å². The Balaban J connectivity index is 2.03. The predicted octanol–water partition coefficient (Wildman–Crippen LogP) is 5.41. The van der Waals surface area contributed by atoms with E-state index in [4.69, 9.17) is 35.5 Å². The molecule has 0 amide bonds. The maximum Gasteiger partial charge on any atom is 0.338 e. The lowest BCUT2D eigenvalue weighted by Gasteiger charge is -2.27. The van der Waals surface area contributed by atoms with E-state index in [0.717, 1.165) is 10.9 Å². The summed E-state index contributed by atoms with van der Waals surface area (Å²) in [6, 6.07) is 8.18. The van der Waals surface area contributed by atoms with Crippen LogP contribution in [0.4, 0.5) is 0 Å².